The fourth-order valence-electron chi connectivity index (χ4n) is 3.75. The van der Waals surface area contributed by atoms with E-state index in [0.717, 1.165) is 37.9 Å². The number of carbonyl (C=O) groups excluding carboxylic acids is 1. The van der Waals surface area contributed by atoms with Crippen LogP contribution in [0.4, 0.5) is 4.39 Å². The second kappa shape index (κ2) is 8.08. The van der Waals surface area contributed by atoms with E-state index in [1.54, 1.807) is 12.1 Å². The fraction of sp³-hybridized carbons (Fsp3) is 0.632. The van der Waals surface area contributed by atoms with E-state index in [4.69, 9.17) is 4.74 Å². The van der Waals surface area contributed by atoms with Gasteiger partial charge in [-0.05, 0) is 62.9 Å². The number of benzene rings is 1. The summed E-state index contributed by atoms with van der Waals surface area (Å²) in [6.45, 7) is 6.61. The maximum atomic E-state index is 13.3. The average molecular weight is 334 g/mol. The molecule has 1 aromatic carbocycles. The van der Waals surface area contributed by atoms with Gasteiger partial charge in [-0.2, -0.15) is 0 Å². The van der Waals surface area contributed by atoms with Crippen LogP contribution in [0, 0.1) is 11.7 Å². The third-order valence-corrected chi connectivity index (χ3v) is 5.29. The molecule has 2 aliphatic rings. The summed E-state index contributed by atoms with van der Waals surface area (Å²) in [5, 5.41) is 0. The molecule has 2 fully saturated rings. The van der Waals surface area contributed by atoms with Crippen molar-refractivity contribution < 1.29 is 13.9 Å². The molecule has 1 aromatic rings. The lowest BCUT2D eigenvalue weighted by atomic mass is 9.89. The Labute approximate surface area is 143 Å². The lowest BCUT2D eigenvalue weighted by Crippen LogP contribution is -2.52. The Kier molecular flexibility index (Phi) is 5.85. The summed E-state index contributed by atoms with van der Waals surface area (Å²) < 4.78 is 18.6. The predicted molar refractivity (Wildman–Crippen MR) is 91.3 cm³/mol. The zero-order valence-electron chi connectivity index (χ0n) is 14.4. The second-order valence-corrected chi connectivity index (χ2v) is 6.93. The van der Waals surface area contributed by atoms with Gasteiger partial charge in [0.05, 0.1) is 19.3 Å². The number of halogens is 1. The van der Waals surface area contributed by atoms with Crippen LogP contribution in [0.25, 0.3) is 0 Å². The molecule has 0 N–H and O–H groups in total. The third kappa shape index (κ3) is 4.33. The number of carbonyl (C=O) groups is 1. The molecule has 0 aromatic heterocycles. The molecule has 2 aliphatic heterocycles. The Morgan fingerprint density at radius 1 is 1.25 bits per heavy atom. The van der Waals surface area contributed by atoms with E-state index in [1.165, 1.54) is 6.07 Å². The van der Waals surface area contributed by atoms with Crippen molar-refractivity contribution in [1.82, 2.24) is 9.80 Å². The number of nitrogens with zero attached hydrogens (tertiary/aromatic N) is 2. The summed E-state index contributed by atoms with van der Waals surface area (Å²) in [6.07, 6.45) is 3.06. The molecule has 3 rings (SSSR count). The minimum Gasteiger partial charge on any atom is -0.378 e. The minimum absolute atomic E-state index is 0.0572. The number of ether oxygens (including phenoxy) is 1. The number of hydrogen-bond donors (Lipinski definition) is 0. The molecule has 0 aliphatic carbocycles. The lowest BCUT2D eigenvalue weighted by Gasteiger charge is -2.38. The van der Waals surface area contributed by atoms with E-state index in [9.17, 15) is 9.18 Å². The summed E-state index contributed by atoms with van der Waals surface area (Å²) in [7, 11) is 0. The molecule has 2 saturated heterocycles. The number of morpholine rings is 1. The molecule has 5 heteroatoms. The second-order valence-electron chi connectivity index (χ2n) is 6.93. The maximum absolute atomic E-state index is 13.3. The minimum atomic E-state index is -0.158. The van der Waals surface area contributed by atoms with Crippen molar-refractivity contribution >= 4 is 5.91 Å². The highest BCUT2D eigenvalue weighted by atomic mass is 19.1. The van der Waals surface area contributed by atoms with Crippen molar-refractivity contribution in [3.05, 3.63) is 35.6 Å². The number of likely N-dealkylation sites (tertiary alicyclic amines) is 1. The van der Waals surface area contributed by atoms with Crippen LogP contribution in [-0.2, 0) is 16.0 Å². The van der Waals surface area contributed by atoms with Gasteiger partial charge in [0, 0.05) is 13.1 Å². The van der Waals surface area contributed by atoms with Crippen molar-refractivity contribution in [3.63, 3.8) is 0 Å². The van der Waals surface area contributed by atoms with Gasteiger partial charge in [0.2, 0.25) is 5.91 Å². The number of piperidine rings is 1. The van der Waals surface area contributed by atoms with Gasteiger partial charge in [-0.1, -0.05) is 12.1 Å². The predicted octanol–water partition coefficient (Wildman–Crippen LogP) is 2.33. The molecular formula is C19H27FN2O2. The van der Waals surface area contributed by atoms with Gasteiger partial charge >= 0.3 is 0 Å². The van der Waals surface area contributed by atoms with Crippen molar-refractivity contribution in [1.29, 1.82) is 0 Å². The fourth-order valence-corrected chi connectivity index (χ4v) is 3.75. The molecule has 24 heavy (non-hydrogen) atoms. The SMILES string of the molecule is CC(C(=O)N1CCOCC1)N1CCC(Cc2cccc(F)c2)CC1. The first kappa shape index (κ1) is 17.4. The van der Waals surface area contributed by atoms with E-state index >= 15 is 0 Å². The molecule has 4 nitrogen and oxygen atoms in total. The van der Waals surface area contributed by atoms with E-state index in [0.29, 0.717) is 32.2 Å². The summed E-state index contributed by atoms with van der Waals surface area (Å²) in [5.74, 6) is 0.644. The number of rotatable bonds is 4. The average Bonchev–Trinajstić information content (AvgIpc) is 2.62. The highest BCUT2D eigenvalue weighted by molar-refractivity contribution is 5.81. The molecule has 0 spiro atoms. The molecule has 0 saturated carbocycles. The number of amides is 1. The Hall–Kier alpha value is -1.46. The van der Waals surface area contributed by atoms with Crippen LogP contribution in [0.1, 0.15) is 25.3 Å². The summed E-state index contributed by atoms with van der Waals surface area (Å²) in [5.41, 5.74) is 1.07. The van der Waals surface area contributed by atoms with Crippen molar-refractivity contribution in [2.75, 3.05) is 39.4 Å². The van der Waals surface area contributed by atoms with E-state index in [1.807, 2.05) is 17.9 Å². The van der Waals surface area contributed by atoms with Gasteiger partial charge in [0.15, 0.2) is 0 Å². The van der Waals surface area contributed by atoms with E-state index < -0.39 is 0 Å². The van der Waals surface area contributed by atoms with E-state index in [2.05, 4.69) is 4.90 Å². The van der Waals surface area contributed by atoms with Crippen molar-refractivity contribution in [2.45, 2.75) is 32.2 Å². The summed E-state index contributed by atoms with van der Waals surface area (Å²) >= 11 is 0. The summed E-state index contributed by atoms with van der Waals surface area (Å²) in [4.78, 5) is 16.8. The van der Waals surface area contributed by atoms with Crippen LogP contribution in [0.5, 0.6) is 0 Å². The standard InChI is InChI=1S/C19H27FN2O2/c1-15(19(23)22-9-11-24-12-10-22)21-7-5-16(6-8-21)13-17-3-2-4-18(20)14-17/h2-4,14-16H,5-13H2,1H3. The van der Waals surface area contributed by atoms with Crippen molar-refractivity contribution in [2.24, 2.45) is 5.92 Å². The Balaban J connectivity index is 1.48. The van der Waals surface area contributed by atoms with Crippen LogP contribution in [0.3, 0.4) is 0 Å². The number of hydrogen-bond acceptors (Lipinski definition) is 3. The topological polar surface area (TPSA) is 32.8 Å². The molecule has 1 amide bonds. The largest absolute Gasteiger partial charge is 0.378 e. The molecular weight excluding hydrogens is 307 g/mol. The monoisotopic (exact) mass is 334 g/mol. The van der Waals surface area contributed by atoms with Gasteiger partial charge in [-0.25, -0.2) is 4.39 Å². The van der Waals surface area contributed by atoms with Crippen LogP contribution in [0.15, 0.2) is 24.3 Å². The van der Waals surface area contributed by atoms with E-state index in [-0.39, 0.29) is 17.8 Å². The van der Waals surface area contributed by atoms with Crippen LogP contribution in [0.2, 0.25) is 0 Å². The molecule has 2 heterocycles. The van der Waals surface area contributed by atoms with Gasteiger partial charge in [-0.15, -0.1) is 0 Å². The zero-order chi connectivity index (χ0) is 16.9. The zero-order valence-corrected chi connectivity index (χ0v) is 14.4. The molecule has 0 radical (unpaired) electrons. The van der Waals surface area contributed by atoms with Crippen LogP contribution < -0.4 is 0 Å². The smallest absolute Gasteiger partial charge is 0.239 e. The van der Waals surface area contributed by atoms with Crippen LogP contribution >= 0.6 is 0 Å². The Bertz CT molecular complexity index is 552. The molecule has 1 atom stereocenters. The van der Waals surface area contributed by atoms with Gasteiger partial charge in [-0.3, -0.25) is 9.69 Å². The Morgan fingerprint density at radius 3 is 2.62 bits per heavy atom. The van der Waals surface area contributed by atoms with Gasteiger partial charge < -0.3 is 9.64 Å². The quantitative estimate of drug-likeness (QED) is 0.847. The molecule has 0 bridgehead atoms. The summed E-state index contributed by atoms with van der Waals surface area (Å²) in [6, 6.07) is 6.85. The van der Waals surface area contributed by atoms with Crippen molar-refractivity contribution in [3.8, 4) is 0 Å². The first-order chi connectivity index (χ1) is 11.6. The highest BCUT2D eigenvalue weighted by Crippen LogP contribution is 2.23. The Morgan fingerprint density at radius 2 is 1.96 bits per heavy atom. The highest BCUT2D eigenvalue weighted by Gasteiger charge is 2.30. The first-order valence-electron chi connectivity index (χ1n) is 8.98. The maximum Gasteiger partial charge on any atom is 0.239 e. The third-order valence-electron chi connectivity index (χ3n) is 5.29. The lowest BCUT2D eigenvalue weighted by molar-refractivity contribution is -0.141. The normalized spacial score (nSPS) is 21.7. The molecule has 132 valence electrons. The van der Waals surface area contributed by atoms with Gasteiger partial charge in [0.1, 0.15) is 5.82 Å². The van der Waals surface area contributed by atoms with Gasteiger partial charge in [0.25, 0.3) is 0 Å². The first-order valence-corrected chi connectivity index (χ1v) is 8.98. The molecule has 1 unspecified atom stereocenters. The van der Waals surface area contributed by atoms with Crippen LogP contribution in [-0.4, -0.2) is 61.1 Å².